The second kappa shape index (κ2) is 6.82. The second-order valence-electron chi connectivity index (χ2n) is 5.88. The van der Waals surface area contributed by atoms with Crippen LogP contribution >= 0.6 is 0 Å². The maximum Gasteiger partial charge on any atom is 0.309 e. The van der Waals surface area contributed by atoms with Crippen molar-refractivity contribution in [3.63, 3.8) is 0 Å². The molecule has 1 fully saturated rings. The minimum Gasteiger partial charge on any atom is -0.466 e. The number of carbonyl (C=O) groups excluding carboxylic acids is 2. The molecule has 0 aliphatic carbocycles. The van der Waals surface area contributed by atoms with Crippen molar-refractivity contribution in [2.75, 3.05) is 19.7 Å². The first-order valence-electron chi connectivity index (χ1n) is 8.13. The number of hydrogen-bond acceptors (Lipinski definition) is 3. The zero-order valence-electron chi connectivity index (χ0n) is 13.3. The van der Waals surface area contributed by atoms with Crippen molar-refractivity contribution in [1.29, 1.82) is 0 Å². The smallest absolute Gasteiger partial charge is 0.309 e. The molecule has 0 spiro atoms. The molecule has 0 atom stereocenters. The molecule has 1 aliphatic rings. The Labute approximate surface area is 136 Å². The van der Waals surface area contributed by atoms with Gasteiger partial charge in [-0.15, -0.1) is 0 Å². The van der Waals surface area contributed by atoms with Crippen LogP contribution in [0.2, 0.25) is 0 Å². The van der Waals surface area contributed by atoms with Crippen molar-refractivity contribution in [3.05, 3.63) is 48.0 Å². The van der Waals surface area contributed by atoms with E-state index < -0.39 is 0 Å². The predicted molar refractivity (Wildman–Crippen MR) is 89.2 cm³/mol. The van der Waals surface area contributed by atoms with Crippen LogP contribution in [0.1, 0.15) is 30.1 Å². The van der Waals surface area contributed by atoms with Gasteiger partial charge in [0.25, 0.3) is 5.91 Å². The number of nitrogens with zero attached hydrogens (tertiary/aromatic N) is 1. The molecule has 0 radical (unpaired) electrons. The van der Waals surface area contributed by atoms with Crippen LogP contribution in [0.5, 0.6) is 0 Å². The second-order valence-corrected chi connectivity index (χ2v) is 5.88. The average molecular weight is 311 g/mol. The summed E-state index contributed by atoms with van der Waals surface area (Å²) in [5, 5.41) is 2.20. The first-order valence-corrected chi connectivity index (χ1v) is 8.13. The van der Waals surface area contributed by atoms with Gasteiger partial charge in [0.1, 0.15) is 0 Å². The minimum atomic E-state index is -0.134. The van der Waals surface area contributed by atoms with E-state index in [0.29, 0.717) is 38.1 Å². The van der Waals surface area contributed by atoms with Crippen molar-refractivity contribution in [3.8, 4) is 0 Å². The lowest BCUT2D eigenvalue weighted by Crippen LogP contribution is -2.40. The standard InChI is InChI=1S/C19H21NO3/c1-2-23-19(22)15-9-11-20(12-10-15)18(21)17-8-7-14-5-3-4-6-16(14)13-17/h3-8,13,15H,2,9-12H2,1H3. The van der Waals surface area contributed by atoms with Gasteiger partial charge >= 0.3 is 5.97 Å². The summed E-state index contributed by atoms with van der Waals surface area (Å²) >= 11 is 0. The predicted octanol–water partition coefficient (Wildman–Crippen LogP) is 3.26. The van der Waals surface area contributed by atoms with Crippen molar-refractivity contribution in [2.45, 2.75) is 19.8 Å². The van der Waals surface area contributed by atoms with Crippen molar-refractivity contribution >= 4 is 22.6 Å². The number of rotatable bonds is 3. The summed E-state index contributed by atoms with van der Waals surface area (Å²) in [6, 6.07) is 13.8. The topological polar surface area (TPSA) is 46.6 Å². The van der Waals surface area contributed by atoms with Gasteiger partial charge in [-0.3, -0.25) is 9.59 Å². The Bertz CT molecular complexity index is 717. The van der Waals surface area contributed by atoms with Crippen molar-refractivity contribution in [2.24, 2.45) is 5.92 Å². The van der Waals surface area contributed by atoms with E-state index in [1.807, 2.05) is 54.3 Å². The molecular weight excluding hydrogens is 290 g/mol. The molecule has 0 unspecified atom stereocenters. The summed E-state index contributed by atoms with van der Waals surface area (Å²) in [6.45, 7) is 3.44. The summed E-state index contributed by atoms with van der Waals surface area (Å²) in [7, 11) is 0. The van der Waals surface area contributed by atoms with E-state index in [9.17, 15) is 9.59 Å². The molecule has 1 aliphatic heterocycles. The van der Waals surface area contributed by atoms with Gasteiger partial charge in [0, 0.05) is 18.7 Å². The van der Waals surface area contributed by atoms with Crippen LogP contribution in [0.4, 0.5) is 0 Å². The van der Waals surface area contributed by atoms with Gasteiger partial charge < -0.3 is 9.64 Å². The normalized spacial score (nSPS) is 15.6. The first kappa shape index (κ1) is 15.5. The molecule has 23 heavy (non-hydrogen) atoms. The lowest BCUT2D eigenvalue weighted by molar-refractivity contribution is -0.149. The fraction of sp³-hybridized carbons (Fsp3) is 0.368. The Morgan fingerprint density at radius 2 is 1.78 bits per heavy atom. The summed E-state index contributed by atoms with van der Waals surface area (Å²) in [5.41, 5.74) is 0.707. The van der Waals surface area contributed by atoms with Crippen LogP contribution in [0.3, 0.4) is 0 Å². The van der Waals surface area contributed by atoms with Gasteiger partial charge in [-0.25, -0.2) is 0 Å². The molecule has 3 rings (SSSR count). The number of amides is 1. The van der Waals surface area contributed by atoms with Gasteiger partial charge in [0.15, 0.2) is 0 Å². The summed E-state index contributed by atoms with van der Waals surface area (Å²) in [5.74, 6) is -0.168. The van der Waals surface area contributed by atoms with Gasteiger partial charge in [-0.1, -0.05) is 30.3 Å². The molecule has 2 aromatic rings. The minimum absolute atomic E-state index is 0.0399. The highest BCUT2D eigenvalue weighted by Gasteiger charge is 2.28. The van der Waals surface area contributed by atoms with E-state index >= 15 is 0 Å². The van der Waals surface area contributed by atoms with E-state index in [4.69, 9.17) is 4.74 Å². The van der Waals surface area contributed by atoms with Crippen LogP contribution in [0, 0.1) is 5.92 Å². The fourth-order valence-corrected chi connectivity index (χ4v) is 3.08. The highest BCUT2D eigenvalue weighted by molar-refractivity contribution is 5.98. The quantitative estimate of drug-likeness (QED) is 0.817. The highest BCUT2D eigenvalue weighted by atomic mass is 16.5. The van der Waals surface area contributed by atoms with Crippen molar-refractivity contribution < 1.29 is 14.3 Å². The van der Waals surface area contributed by atoms with E-state index in [0.717, 1.165) is 10.8 Å². The van der Waals surface area contributed by atoms with Crippen molar-refractivity contribution in [1.82, 2.24) is 4.90 Å². The third kappa shape index (κ3) is 3.36. The summed E-state index contributed by atoms with van der Waals surface area (Å²) in [4.78, 5) is 26.3. The molecule has 1 amide bonds. The zero-order chi connectivity index (χ0) is 16.2. The largest absolute Gasteiger partial charge is 0.466 e. The lowest BCUT2D eigenvalue weighted by atomic mass is 9.96. The number of hydrogen-bond donors (Lipinski definition) is 0. The molecular formula is C19H21NO3. The van der Waals surface area contributed by atoms with Gasteiger partial charge in [-0.2, -0.15) is 0 Å². The third-order valence-electron chi connectivity index (χ3n) is 4.40. The maximum atomic E-state index is 12.7. The van der Waals surface area contributed by atoms with Crippen LogP contribution in [-0.4, -0.2) is 36.5 Å². The maximum absolute atomic E-state index is 12.7. The molecule has 1 saturated heterocycles. The molecule has 120 valence electrons. The van der Waals surface area contributed by atoms with Crippen LogP contribution in [0.25, 0.3) is 10.8 Å². The Kier molecular flexibility index (Phi) is 4.60. The molecule has 0 saturated carbocycles. The molecule has 0 N–H and O–H groups in total. The van der Waals surface area contributed by atoms with Crippen LogP contribution in [-0.2, 0) is 9.53 Å². The number of carbonyl (C=O) groups is 2. The van der Waals surface area contributed by atoms with E-state index in [1.165, 1.54) is 0 Å². The third-order valence-corrected chi connectivity index (χ3v) is 4.40. The van der Waals surface area contributed by atoms with E-state index in [1.54, 1.807) is 0 Å². The van der Waals surface area contributed by atoms with E-state index in [-0.39, 0.29) is 17.8 Å². The Morgan fingerprint density at radius 1 is 1.09 bits per heavy atom. The number of piperidine rings is 1. The summed E-state index contributed by atoms with van der Waals surface area (Å²) < 4.78 is 5.07. The average Bonchev–Trinajstić information content (AvgIpc) is 2.61. The number of benzene rings is 2. The van der Waals surface area contributed by atoms with Gasteiger partial charge in [-0.05, 0) is 42.7 Å². The lowest BCUT2D eigenvalue weighted by Gasteiger charge is -2.31. The molecule has 0 aromatic heterocycles. The molecule has 0 bridgehead atoms. The van der Waals surface area contributed by atoms with Gasteiger partial charge in [0.2, 0.25) is 0 Å². The fourth-order valence-electron chi connectivity index (χ4n) is 3.08. The molecule has 4 nitrogen and oxygen atoms in total. The molecule has 1 heterocycles. The number of ether oxygens (including phenoxy) is 1. The monoisotopic (exact) mass is 311 g/mol. The van der Waals surface area contributed by atoms with Crippen LogP contribution < -0.4 is 0 Å². The molecule has 2 aromatic carbocycles. The zero-order valence-corrected chi connectivity index (χ0v) is 13.3. The van der Waals surface area contributed by atoms with Crippen LogP contribution in [0.15, 0.2) is 42.5 Å². The number of likely N-dealkylation sites (tertiary alicyclic amines) is 1. The van der Waals surface area contributed by atoms with Gasteiger partial charge in [0.05, 0.1) is 12.5 Å². The number of fused-ring (bicyclic) bond motifs is 1. The molecule has 4 heteroatoms. The summed E-state index contributed by atoms with van der Waals surface area (Å²) in [6.07, 6.45) is 1.36. The Hall–Kier alpha value is -2.36. The Morgan fingerprint density at radius 3 is 2.48 bits per heavy atom. The number of esters is 1. The van der Waals surface area contributed by atoms with E-state index in [2.05, 4.69) is 0 Å². The highest BCUT2D eigenvalue weighted by Crippen LogP contribution is 2.22. The Balaban J connectivity index is 1.67. The first-order chi connectivity index (χ1) is 11.2. The SMILES string of the molecule is CCOC(=O)C1CCN(C(=O)c2ccc3ccccc3c2)CC1.